The van der Waals surface area contributed by atoms with Gasteiger partial charge in [0, 0.05) is 42.6 Å². The van der Waals surface area contributed by atoms with Crippen LogP contribution in [0.3, 0.4) is 0 Å². The molecule has 0 aliphatic rings. The fourth-order valence-electron chi connectivity index (χ4n) is 6.26. The van der Waals surface area contributed by atoms with E-state index in [0.717, 1.165) is 11.1 Å². The first-order chi connectivity index (χ1) is 28.8. The molecule has 4 nitrogen and oxygen atoms in total. The molecule has 6 aromatic carbocycles. The number of hydrogen-bond donors (Lipinski definition) is 1. The van der Waals surface area contributed by atoms with E-state index in [9.17, 15) is 6.48 Å². The van der Waals surface area contributed by atoms with Crippen molar-refractivity contribution in [3.63, 3.8) is 0 Å². The number of phenols is 1. The fourth-order valence-corrected chi connectivity index (χ4v) is 6.26. The van der Waals surface area contributed by atoms with E-state index in [0.29, 0.717) is 50.4 Å². The van der Waals surface area contributed by atoms with Crippen molar-refractivity contribution in [1.82, 2.24) is 14.5 Å². The normalized spacial score (nSPS) is 14.4. The first-order valence-corrected chi connectivity index (χ1v) is 16.5. The molecule has 0 atom stereocenters. The third-order valence-corrected chi connectivity index (χ3v) is 8.84. The van der Waals surface area contributed by atoms with Crippen molar-refractivity contribution < 1.29 is 39.9 Å². The van der Waals surface area contributed by atoms with Crippen molar-refractivity contribution in [2.75, 3.05) is 0 Å². The van der Waals surface area contributed by atoms with E-state index >= 15 is 0 Å². The van der Waals surface area contributed by atoms with Gasteiger partial charge in [-0.2, -0.15) is 0 Å². The summed E-state index contributed by atoms with van der Waals surface area (Å²) in [6, 6.07) is 32.6. The molecule has 0 aliphatic carbocycles. The number of imidazole rings is 1. The van der Waals surface area contributed by atoms with E-state index in [2.05, 4.69) is 11.1 Å². The number of nitrogens with zero attached hydrogens (tertiary/aromatic N) is 3. The van der Waals surface area contributed by atoms with Crippen LogP contribution in [0, 0.1) is 12.9 Å². The first-order valence-electron chi connectivity index (χ1n) is 21.5. The molecule has 0 radical (unpaired) electrons. The summed E-state index contributed by atoms with van der Waals surface area (Å²) in [6.45, 7) is 3.72. The second-order valence-electron chi connectivity index (χ2n) is 13.3. The van der Waals surface area contributed by atoms with Crippen molar-refractivity contribution in [2.24, 2.45) is 0 Å². The smallest absolute Gasteiger partial charge is 0.148 e. The number of para-hydroxylation sites is 2. The minimum absolute atomic E-state index is 0. The zero-order valence-electron chi connectivity index (χ0n) is 38.5. The Kier molecular flexibility index (Phi) is 6.72. The van der Waals surface area contributed by atoms with Crippen LogP contribution in [0.1, 0.15) is 45.6 Å². The van der Waals surface area contributed by atoms with Gasteiger partial charge in [-0.1, -0.05) is 134 Å². The van der Waals surface area contributed by atoms with Gasteiger partial charge in [-0.15, -0.1) is 29.3 Å². The number of hydrogen-bond acceptors (Lipinski definition) is 3. The second-order valence-corrected chi connectivity index (χ2v) is 13.3. The molecule has 0 bridgehead atoms. The Morgan fingerprint density at radius 1 is 0.731 bits per heavy atom. The Labute approximate surface area is 333 Å². The molecule has 2 aromatic heterocycles. The van der Waals surface area contributed by atoms with Crippen molar-refractivity contribution in [3.8, 4) is 67.5 Å². The van der Waals surface area contributed by atoms with Crippen LogP contribution in [0.5, 0.6) is 5.75 Å². The summed E-state index contributed by atoms with van der Waals surface area (Å²) in [5, 5.41) is 11.3. The summed E-state index contributed by atoms with van der Waals surface area (Å²) < 4.78 is 86.4. The van der Waals surface area contributed by atoms with Gasteiger partial charge >= 0.3 is 0 Å². The van der Waals surface area contributed by atoms with Crippen LogP contribution in [-0.4, -0.2) is 19.6 Å². The van der Waals surface area contributed by atoms with E-state index in [-0.39, 0.29) is 61.4 Å². The zero-order valence-corrected chi connectivity index (χ0v) is 30.8. The van der Waals surface area contributed by atoms with Gasteiger partial charge in [0.1, 0.15) is 11.6 Å². The Morgan fingerprint density at radius 2 is 1.48 bits per heavy atom. The molecule has 8 aromatic rings. The summed E-state index contributed by atoms with van der Waals surface area (Å²) in [5.74, 6) is 0.385. The number of aromatic nitrogens is 3. The summed E-state index contributed by atoms with van der Waals surface area (Å²) in [4.78, 5) is 9.67. The Morgan fingerprint density at radius 3 is 2.25 bits per heavy atom. The van der Waals surface area contributed by atoms with Crippen molar-refractivity contribution in [1.29, 1.82) is 0 Å². The molecule has 0 aliphatic heterocycles. The second kappa shape index (κ2) is 14.2. The Bertz CT molecular complexity index is 3020. The molecule has 0 spiro atoms. The number of aryl methyl sites for hydroxylation is 1. The van der Waals surface area contributed by atoms with E-state index in [1.165, 1.54) is 6.07 Å². The molecular weight excluding hydrogens is 818 g/mol. The van der Waals surface area contributed by atoms with Crippen LogP contribution in [0.15, 0.2) is 152 Å². The fraction of sp³-hybridized carbons (Fsp3) is 0.106. The average molecular weight is 866 g/mol. The van der Waals surface area contributed by atoms with Crippen molar-refractivity contribution in [2.45, 2.75) is 33.0 Å². The van der Waals surface area contributed by atoms with E-state index in [1.807, 2.05) is 86.0 Å². The molecule has 2 heterocycles. The zero-order chi connectivity index (χ0) is 43.7. The summed E-state index contributed by atoms with van der Waals surface area (Å²) in [5.41, 5.74) is 5.56. The molecule has 1 N–H and O–H groups in total. The van der Waals surface area contributed by atoms with Gasteiger partial charge in [0.15, 0.2) is 0 Å². The monoisotopic (exact) mass is 865 g/mol. The number of pyridine rings is 1. The Balaban J connectivity index is 0.00000578. The number of rotatable bonds is 6. The predicted molar refractivity (Wildman–Crippen MR) is 210 cm³/mol. The Hall–Kier alpha value is -5.57. The third kappa shape index (κ3) is 6.63. The van der Waals surface area contributed by atoms with Gasteiger partial charge < -0.3 is 5.11 Å². The van der Waals surface area contributed by atoms with E-state index in [1.54, 1.807) is 42.5 Å². The molecule has 0 unspecified atom stereocenters. The maximum Gasteiger partial charge on any atom is 0.148 e. The van der Waals surface area contributed by atoms with Gasteiger partial charge in [0.25, 0.3) is 0 Å². The molecule has 0 amide bonds. The largest absolute Gasteiger partial charge is 0.507 e. The minimum atomic E-state index is -2.37. The molecule has 8 rings (SSSR count). The first kappa shape index (κ1) is 24.6. The van der Waals surface area contributed by atoms with E-state index < -0.39 is 42.5 Å². The number of phenolic OH excluding ortho intramolecular Hbond substituents is 1. The maximum absolute atomic E-state index is 11.3. The van der Waals surface area contributed by atoms with Crippen molar-refractivity contribution >= 4 is 11.0 Å². The quantitative estimate of drug-likeness (QED) is 0.169. The molecule has 258 valence electrons. The number of fused-ring (bicyclic) bond motifs is 1. The van der Waals surface area contributed by atoms with Crippen LogP contribution in [0.25, 0.3) is 72.7 Å². The molecule has 5 heteroatoms. The topological polar surface area (TPSA) is 50.9 Å². The molecule has 0 saturated heterocycles. The van der Waals surface area contributed by atoms with Gasteiger partial charge in [-0.05, 0) is 65.4 Å². The summed E-state index contributed by atoms with van der Waals surface area (Å²) in [6.07, 6.45) is -0.268. The van der Waals surface area contributed by atoms with E-state index in [4.69, 9.17) is 17.3 Å². The predicted octanol–water partition coefficient (Wildman–Crippen LogP) is 11.9. The van der Waals surface area contributed by atoms with Gasteiger partial charge in [-0.25, -0.2) is 4.98 Å². The van der Waals surface area contributed by atoms with Crippen LogP contribution < -0.4 is 0 Å². The number of aromatic hydroxyl groups is 1. The summed E-state index contributed by atoms with van der Waals surface area (Å²) in [7, 11) is 0. The van der Waals surface area contributed by atoms with Gasteiger partial charge in [0.05, 0.1) is 31.9 Å². The molecule has 0 saturated carbocycles. The molecular formula is C47H38N3OPt-. The van der Waals surface area contributed by atoms with Gasteiger partial charge in [-0.3, -0.25) is 9.55 Å². The van der Waals surface area contributed by atoms with Crippen LogP contribution in [0.4, 0.5) is 0 Å². The van der Waals surface area contributed by atoms with Crippen LogP contribution >= 0.6 is 0 Å². The van der Waals surface area contributed by atoms with Crippen molar-refractivity contribution in [3.05, 3.63) is 169 Å². The average Bonchev–Trinajstić information content (AvgIpc) is 3.62. The minimum Gasteiger partial charge on any atom is -0.507 e. The van der Waals surface area contributed by atoms with Crippen LogP contribution in [0.2, 0.25) is 0 Å². The molecule has 52 heavy (non-hydrogen) atoms. The maximum atomic E-state index is 11.3. The molecule has 0 fully saturated rings. The standard InChI is InChI=1S/C47H38N3O.Pt/c1-31-22-23-42(40(26-31)33-16-9-6-10-17-33)50-43-20-13-19-38(45(43)49-46(50)39-18-11-12-21-44(39)51)35-27-36(29-37(28-35)47(2,3)4)41-30-34(24-25-48-41)32-14-7-5-8-15-32;/h5-26,28-30,51H,1-4H3;/q-1;/i1D3,5D,7D,8D,14D,15D,25D,30D;. The SMILES string of the molecule is [2H]c1cc(-c2c([2H])c([2H])c([2H])c([2H])c2[2H])c([2H])c(-c2[c-]c(-c3cccc4c3nc(-c3ccccc3O)n4-c3ccc(C([2H])([2H])[2H])cc3-c3ccccc3)cc(C(C)(C)C)c2)n1.[Pt]. The van der Waals surface area contributed by atoms with Crippen LogP contribution in [-0.2, 0) is 26.5 Å². The number of benzene rings is 6. The third-order valence-electron chi connectivity index (χ3n) is 8.84. The summed E-state index contributed by atoms with van der Waals surface area (Å²) >= 11 is 0. The van der Waals surface area contributed by atoms with Gasteiger partial charge in [0.2, 0.25) is 0 Å².